The summed E-state index contributed by atoms with van der Waals surface area (Å²) in [7, 11) is 0. The van der Waals surface area contributed by atoms with E-state index in [1.54, 1.807) is 0 Å². The van der Waals surface area contributed by atoms with Crippen molar-refractivity contribution in [2.75, 3.05) is 19.6 Å². The van der Waals surface area contributed by atoms with Gasteiger partial charge in [-0.2, -0.15) is 0 Å². The number of hydrogen-bond donors (Lipinski definition) is 2. The first kappa shape index (κ1) is 15.8. The van der Waals surface area contributed by atoms with Crippen LogP contribution in [0.1, 0.15) is 52.4 Å². The van der Waals surface area contributed by atoms with E-state index in [0.29, 0.717) is 12.1 Å². The largest absolute Gasteiger partial charge is 0.481 e. The molecule has 2 atom stereocenters. The maximum Gasteiger partial charge on any atom is 0.306 e. The average Bonchev–Trinajstić information content (AvgIpc) is 2.41. The van der Waals surface area contributed by atoms with E-state index in [9.17, 15) is 4.79 Å². The maximum absolute atomic E-state index is 11.1. The third kappa shape index (κ3) is 4.74. The summed E-state index contributed by atoms with van der Waals surface area (Å²) in [6.45, 7) is 8.13. The number of aliphatic carboxylic acids is 1. The minimum atomic E-state index is -0.608. The lowest BCUT2D eigenvalue weighted by Crippen LogP contribution is -2.48. The maximum atomic E-state index is 11.1. The second kappa shape index (κ2) is 7.41. The van der Waals surface area contributed by atoms with E-state index in [0.717, 1.165) is 31.6 Å². The predicted octanol–water partition coefficient (Wildman–Crippen LogP) is 2.34. The van der Waals surface area contributed by atoms with Gasteiger partial charge in [0.25, 0.3) is 0 Å². The monoisotopic (exact) mass is 282 g/mol. The van der Waals surface area contributed by atoms with E-state index in [1.165, 1.54) is 32.5 Å². The van der Waals surface area contributed by atoms with Gasteiger partial charge in [-0.15, -0.1) is 0 Å². The zero-order chi connectivity index (χ0) is 14.5. The number of carboxylic acids is 1. The van der Waals surface area contributed by atoms with E-state index >= 15 is 0 Å². The molecule has 0 spiro atoms. The van der Waals surface area contributed by atoms with Gasteiger partial charge >= 0.3 is 5.97 Å². The highest BCUT2D eigenvalue weighted by Crippen LogP contribution is 2.25. The summed E-state index contributed by atoms with van der Waals surface area (Å²) < 4.78 is 0. The molecule has 4 heteroatoms. The van der Waals surface area contributed by atoms with Crippen molar-refractivity contribution in [1.29, 1.82) is 0 Å². The molecule has 0 amide bonds. The molecule has 20 heavy (non-hydrogen) atoms. The zero-order valence-corrected chi connectivity index (χ0v) is 13.0. The Morgan fingerprint density at radius 2 is 1.90 bits per heavy atom. The predicted molar refractivity (Wildman–Crippen MR) is 80.8 cm³/mol. The fourth-order valence-corrected chi connectivity index (χ4v) is 3.70. The number of nitrogens with zero attached hydrogens (tertiary/aromatic N) is 1. The SMILES string of the molecule is CC(C)CN1CCC(NC2CCCC(C(=O)O)C2)CC1. The molecule has 1 aliphatic carbocycles. The number of carbonyl (C=O) groups is 1. The second-order valence-corrected chi connectivity index (χ2v) is 7.03. The average molecular weight is 282 g/mol. The fourth-order valence-electron chi connectivity index (χ4n) is 3.70. The number of hydrogen-bond acceptors (Lipinski definition) is 3. The van der Waals surface area contributed by atoms with Crippen molar-refractivity contribution >= 4 is 5.97 Å². The molecule has 2 rings (SSSR count). The highest BCUT2D eigenvalue weighted by molar-refractivity contribution is 5.70. The van der Waals surface area contributed by atoms with Crippen LogP contribution in [0.15, 0.2) is 0 Å². The van der Waals surface area contributed by atoms with Gasteiger partial charge in [-0.1, -0.05) is 20.3 Å². The molecule has 1 heterocycles. The van der Waals surface area contributed by atoms with Gasteiger partial charge in [0.2, 0.25) is 0 Å². The molecular formula is C16H30N2O2. The topological polar surface area (TPSA) is 52.6 Å². The minimum absolute atomic E-state index is 0.123. The molecule has 2 aliphatic rings. The third-order valence-corrected chi connectivity index (χ3v) is 4.71. The van der Waals surface area contributed by atoms with Gasteiger partial charge in [-0.3, -0.25) is 4.79 Å². The molecule has 2 unspecified atom stereocenters. The summed E-state index contributed by atoms with van der Waals surface area (Å²) >= 11 is 0. The Morgan fingerprint density at radius 1 is 1.20 bits per heavy atom. The van der Waals surface area contributed by atoms with Gasteiger partial charge in [-0.05, 0) is 51.1 Å². The summed E-state index contributed by atoms with van der Waals surface area (Å²) in [6.07, 6.45) is 6.31. The van der Waals surface area contributed by atoms with Crippen LogP contribution in [0.4, 0.5) is 0 Å². The van der Waals surface area contributed by atoms with Gasteiger partial charge < -0.3 is 15.3 Å². The molecule has 0 radical (unpaired) electrons. The molecule has 0 bridgehead atoms. The van der Waals surface area contributed by atoms with Crippen LogP contribution in [0.25, 0.3) is 0 Å². The van der Waals surface area contributed by atoms with Gasteiger partial charge in [-0.25, -0.2) is 0 Å². The minimum Gasteiger partial charge on any atom is -0.481 e. The van der Waals surface area contributed by atoms with E-state index in [2.05, 4.69) is 24.1 Å². The molecule has 0 aromatic rings. The first-order valence-electron chi connectivity index (χ1n) is 8.25. The van der Waals surface area contributed by atoms with Crippen LogP contribution >= 0.6 is 0 Å². The molecule has 0 aromatic heterocycles. The van der Waals surface area contributed by atoms with Crippen LogP contribution in [0.2, 0.25) is 0 Å². The van der Waals surface area contributed by atoms with Crippen molar-refractivity contribution in [3.05, 3.63) is 0 Å². The smallest absolute Gasteiger partial charge is 0.306 e. The van der Waals surface area contributed by atoms with E-state index in [4.69, 9.17) is 5.11 Å². The number of rotatable bonds is 5. The van der Waals surface area contributed by atoms with Crippen molar-refractivity contribution < 1.29 is 9.90 Å². The molecule has 1 aliphatic heterocycles. The Bertz CT molecular complexity index is 312. The van der Waals surface area contributed by atoms with Crippen molar-refractivity contribution in [1.82, 2.24) is 10.2 Å². The highest BCUT2D eigenvalue weighted by atomic mass is 16.4. The van der Waals surface area contributed by atoms with Crippen LogP contribution in [0.5, 0.6) is 0 Å². The molecule has 0 aromatic carbocycles. The molecule has 1 saturated carbocycles. The standard InChI is InChI=1S/C16H30N2O2/c1-12(2)11-18-8-6-14(7-9-18)17-15-5-3-4-13(10-15)16(19)20/h12-15,17H,3-11H2,1-2H3,(H,19,20). The van der Waals surface area contributed by atoms with Gasteiger partial charge in [0.15, 0.2) is 0 Å². The Balaban J connectivity index is 1.71. The number of likely N-dealkylation sites (tertiary alicyclic amines) is 1. The normalized spacial score (nSPS) is 29.8. The summed E-state index contributed by atoms with van der Waals surface area (Å²) in [4.78, 5) is 13.7. The summed E-state index contributed by atoms with van der Waals surface area (Å²) in [5, 5.41) is 12.9. The van der Waals surface area contributed by atoms with E-state index in [-0.39, 0.29) is 5.92 Å². The molecule has 2 fully saturated rings. The van der Waals surface area contributed by atoms with Crippen LogP contribution in [-0.2, 0) is 4.79 Å². The Kier molecular flexibility index (Phi) is 5.85. The summed E-state index contributed by atoms with van der Waals surface area (Å²) in [6, 6.07) is 1.02. The first-order chi connectivity index (χ1) is 9.54. The first-order valence-corrected chi connectivity index (χ1v) is 8.25. The molecule has 116 valence electrons. The van der Waals surface area contributed by atoms with Crippen molar-refractivity contribution in [3.8, 4) is 0 Å². The van der Waals surface area contributed by atoms with Crippen LogP contribution in [0.3, 0.4) is 0 Å². The van der Waals surface area contributed by atoms with E-state index < -0.39 is 5.97 Å². The van der Waals surface area contributed by atoms with Gasteiger partial charge in [0.05, 0.1) is 5.92 Å². The van der Waals surface area contributed by atoms with E-state index in [1.807, 2.05) is 0 Å². The molecule has 4 nitrogen and oxygen atoms in total. The lowest BCUT2D eigenvalue weighted by Gasteiger charge is -2.37. The number of piperidine rings is 1. The number of nitrogens with one attached hydrogen (secondary N) is 1. The molecular weight excluding hydrogens is 252 g/mol. The second-order valence-electron chi connectivity index (χ2n) is 7.03. The lowest BCUT2D eigenvalue weighted by atomic mass is 9.85. The third-order valence-electron chi connectivity index (χ3n) is 4.71. The zero-order valence-electron chi connectivity index (χ0n) is 13.0. The fraction of sp³-hybridized carbons (Fsp3) is 0.938. The quantitative estimate of drug-likeness (QED) is 0.812. The van der Waals surface area contributed by atoms with Crippen molar-refractivity contribution in [2.24, 2.45) is 11.8 Å². The lowest BCUT2D eigenvalue weighted by molar-refractivity contribution is -0.143. The van der Waals surface area contributed by atoms with Crippen molar-refractivity contribution in [2.45, 2.75) is 64.5 Å². The van der Waals surface area contributed by atoms with Gasteiger partial charge in [0.1, 0.15) is 0 Å². The van der Waals surface area contributed by atoms with Crippen LogP contribution in [0, 0.1) is 11.8 Å². The Labute approximate surface area is 122 Å². The van der Waals surface area contributed by atoms with Crippen molar-refractivity contribution in [3.63, 3.8) is 0 Å². The Hall–Kier alpha value is -0.610. The van der Waals surface area contributed by atoms with Crippen LogP contribution < -0.4 is 5.32 Å². The van der Waals surface area contributed by atoms with Gasteiger partial charge in [0, 0.05) is 18.6 Å². The Morgan fingerprint density at radius 3 is 2.50 bits per heavy atom. The molecule has 2 N–H and O–H groups in total. The number of carboxylic acid groups (broad SMARTS) is 1. The highest BCUT2D eigenvalue weighted by Gasteiger charge is 2.29. The molecule has 1 saturated heterocycles. The summed E-state index contributed by atoms with van der Waals surface area (Å²) in [5.41, 5.74) is 0. The summed E-state index contributed by atoms with van der Waals surface area (Å²) in [5.74, 6) is 0.0136. The van der Waals surface area contributed by atoms with Crippen LogP contribution in [-0.4, -0.2) is 47.7 Å².